The Morgan fingerprint density at radius 1 is 1.56 bits per heavy atom. The average Bonchev–Trinajstić information content (AvgIpc) is 2.33. The number of aliphatic hydroxyl groups excluding tert-OH is 1. The molecular weight excluding hydrogens is 206 g/mol. The molecule has 0 spiro atoms. The lowest BCUT2D eigenvalue weighted by Crippen LogP contribution is -2.46. The zero-order valence-electron chi connectivity index (χ0n) is 9.21. The quantitative estimate of drug-likeness (QED) is 0.741. The van der Waals surface area contributed by atoms with E-state index < -0.39 is 6.10 Å². The first-order valence-corrected chi connectivity index (χ1v) is 5.42. The Balaban J connectivity index is 2.06. The molecular formula is C11H15N3O2. The van der Waals surface area contributed by atoms with Crippen LogP contribution in [-0.4, -0.2) is 45.1 Å². The molecule has 2 atom stereocenters. The molecule has 2 rings (SSSR count). The molecule has 0 bridgehead atoms. The van der Waals surface area contributed by atoms with E-state index in [2.05, 4.69) is 9.97 Å². The molecule has 2 unspecified atom stereocenters. The van der Waals surface area contributed by atoms with E-state index >= 15 is 0 Å². The van der Waals surface area contributed by atoms with Crippen LogP contribution in [0.5, 0.6) is 0 Å². The fourth-order valence-electron chi connectivity index (χ4n) is 1.80. The van der Waals surface area contributed by atoms with Crippen LogP contribution in [0, 0.1) is 5.92 Å². The maximum atomic E-state index is 12.0. The minimum absolute atomic E-state index is 0.154. The van der Waals surface area contributed by atoms with Gasteiger partial charge < -0.3 is 10.0 Å². The normalized spacial score (nSPS) is 25.5. The molecule has 1 aliphatic heterocycles. The molecule has 5 nitrogen and oxygen atoms in total. The van der Waals surface area contributed by atoms with Crippen LogP contribution < -0.4 is 0 Å². The molecule has 5 heteroatoms. The van der Waals surface area contributed by atoms with Gasteiger partial charge in [-0.25, -0.2) is 4.98 Å². The summed E-state index contributed by atoms with van der Waals surface area (Å²) >= 11 is 0. The van der Waals surface area contributed by atoms with Crippen molar-refractivity contribution in [3.8, 4) is 0 Å². The summed E-state index contributed by atoms with van der Waals surface area (Å²) < 4.78 is 0. The number of piperidine rings is 1. The highest BCUT2D eigenvalue weighted by Gasteiger charge is 2.28. The van der Waals surface area contributed by atoms with Crippen molar-refractivity contribution >= 4 is 5.91 Å². The number of aromatic nitrogens is 2. The number of hydrogen-bond acceptors (Lipinski definition) is 4. The Labute approximate surface area is 94.1 Å². The molecule has 0 radical (unpaired) electrons. The molecule has 1 amide bonds. The van der Waals surface area contributed by atoms with E-state index in [0.29, 0.717) is 18.8 Å². The van der Waals surface area contributed by atoms with Crippen molar-refractivity contribution in [3.05, 3.63) is 24.3 Å². The Morgan fingerprint density at radius 2 is 2.38 bits per heavy atom. The molecule has 1 N–H and O–H groups in total. The predicted molar refractivity (Wildman–Crippen MR) is 57.7 cm³/mol. The van der Waals surface area contributed by atoms with E-state index in [1.807, 2.05) is 6.92 Å². The number of β-amino-alcohol motifs (C(OH)–C–C–N with tert-alkyl or cyclic N) is 1. The number of carbonyl (C=O) groups excluding carboxylic acids is 1. The third-order valence-corrected chi connectivity index (χ3v) is 2.99. The summed E-state index contributed by atoms with van der Waals surface area (Å²) in [5, 5.41) is 9.71. The van der Waals surface area contributed by atoms with Crippen LogP contribution in [0.2, 0.25) is 0 Å². The van der Waals surface area contributed by atoms with E-state index in [9.17, 15) is 9.90 Å². The summed E-state index contributed by atoms with van der Waals surface area (Å²) in [6, 6.07) is 0. The predicted octanol–water partition coefficient (Wildman–Crippen LogP) is 0.319. The van der Waals surface area contributed by atoms with Crippen molar-refractivity contribution < 1.29 is 9.90 Å². The van der Waals surface area contributed by atoms with Crippen LogP contribution in [0.15, 0.2) is 18.6 Å². The van der Waals surface area contributed by atoms with Gasteiger partial charge >= 0.3 is 0 Å². The lowest BCUT2D eigenvalue weighted by Gasteiger charge is -2.33. The number of likely N-dealkylation sites (tertiary alicyclic amines) is 1. The van der Waals surface area contributed by atoms with Gasteiger partial charge in [-0.1, -0.05) is 6.92 Å². The second-order valence-corrected chi connectivity index (χ2v) is 4.18. The number of aliphatic hydroxyl groups is 1. The van der Waals surface area contributed by atoms with Gasteiger partial charge in [0.2, 0.25) is 0 Å². The van der Waals surface area contributed by atoms with E-state index in [4.69, 9.17) is 0 Å². The largest absolute Gasteiger partial charge is 0.391 e. The zero-order valence-corrected chi connectivity index (χ0v) is 9.21. The molecule has 1 aliphatic rings. The molecule has 1 fully saturated rings. The van der Waals surface area contributed by atoms with Crippen LogP contribution in [0.25, 0.3) is 0 Å². The maximum Gasteiger partial charge on any atom is 0.274 e. The molecule has 0 aliphatic carbocycles. The number of nitrogens with zero attached hydrogens (tertiary/aromatic N) is 3. The van der Waals surface area contributed by atoms with Crippen molar-refractivity contribution in [3.63, 3.8) is 0 Å². The van der Waals surface area contributed by atoms with E-state index in [-0.39, 0.29) is 11.8 Å². The van der Waals surface area contributed by atoms with Gasteiger partial charge in [0.05, 0.1) is 12.3 Å². The average molecular weight is 221 g/mol. The highest BCUT2D eigenvalue weighted by Crippen LogP contribution is 2.18. The van der Waals surface area contributed by atoms with Crippen LogP contribution in [0.1, 0.15) is 23.8 Å². The fraction of sp³-hybridized carbons (Fsp3) is 0.545. The summed E-state index contributed by atoms with van der Waals surface area (Å²) in [6.07, 6.45) is 4.87. The zero-order chi connectivity index (χ0) is 11.5. The second kappa shape index (κ2) is 4.57. The monoisotopic (exact) mass is 221 g/mol. The van der Waals surface area contributed by atoms with Crippen LogP contribution in [0.4, 0.5) is 0 Å². The summed E-state index contributed by atoms with van der Waals surface area (Å²) in [4.78, 5) is 21.4. The van der Waals surface area contributed by atoms with Crippen molar-refractivity contribution in [2.75, 3.05) is 13.1 Å². The number of amides is 1. The Hall–Kier alpha value is -1.49. The van der Waals surface area contributed by atoms with Crippen LogP contribution in [-0.2, 0) is 0 Å². The van der Waals surface area contributed by atoms with E-state index in [1.165, 1.54) is 18.6 Å². The SMILES string of the molecule is CC1CCN(C(=O)c2cnccn2)CC1O. The molecule has 16 heavy (non-hydrogen) atoms. The standard InChI is InChI=1S/C11H15N3O2/c1-8-2-5-14(7-10(8)15)11(16)9-6-12-3-4-13-9/h3-4,6,8,10,15H,2,5,7H2,1H3. The topological polar surface area (TPSA) is 66.3 Å². The third kappa shape index (κ3) is 2.19. The van der Waals surface area contributed by atoms with Crippen molar-refractivity contribution in [1.29, 1.82) is 0 Å². The smallest absolute Gasteiger partial charge is 0.274 e. The molecule has 1 aromatic rings. The number of hydrogen-bond donors (Lipinski definition) is 1. The van der Waals surface area contributed by atoms with E-state index in [1.54, 1.807) is 4.90 Å². The highest BCUT2D eigenvalue weighted by atomic mass is 16.3. The Kier molecular flexibility index (Phi) is 3.14. The summed E-state index contributed by atoms with van der Waals surface area (Å²) in [5.74, 6) is 0.102. The molecule has 0 saturated carbocycles. The van der Waals surface area contributed by atoms with E-state index in [0.717, 1.165) is 6.42 Å². The van der Waals surface area contributed by atoms with Gasteiger partial charge in [-0.15, -0.1) is 0 Å². The molecule has 0 aromatic carbocycles. The molecule has 2 heterocycles. The van der Waals surface area contributed by atoms with Gasteiger partial charge in [-0.2, -0.15) is 0 Å². The van der Waals surface area contributed by atoms with Crippen LogP contribution >= 0.6 is 0 Å². The number of rotatable bonds is 1. The van der Waals surface area contributed by atoms with Crippen molar-refractivity contribution in [1.82, 2.24) is 14.9 Å². The second-order valence-electron chi connectivity index (χ2n) is 4.18. The summed E-state index contributed by atoms with van der Waals surface area (Å²) in [7, 11) is 0. The first-order valence-electron chi connectivity index (χ1n) is 5.42. The van der Waals surface area contributed by atoms with Gasteiger partial charge in [0, 0.05) is 25.5 Å². The minimum Gasteiger partial charge on any atom is -0.391 e. The molecule has 1 saturated heterocycles. The first kappa shape index (κ1) is 11.0. The van der Waals surface area contributed by atoms with Gasteiger partial charge in [-0.05, 0) is 12.3 Å². The lowest BCUT2D eigenvalue weighted by atomic mass is 9.96. The van der Waals surface area contributed by atoms with Gasteiger partial charge in [0.15, 0.2) is 0 Å². The maximum absolute atomic E-state index is 12.0. The minimum atomic E-state index is -0.436. The van der Waals surface area contributed by atoms with Gasteiger partial charge in [0.25, 0.3) is 5.91 Å². The Bertz CT molecular complexity index is 369. The fourth-order valence-corrected chi connectivity index (χ4v) is 1.80. The molecule has 1 aromatic heterocycles. The highest BCUT2D eigenvalue weighted by molar-refractivity contribution is 5.92. The lowest BCUT2D eigenvalue weighted by molar-refractivity contribution is 0.0245. The summed E-state index contributed by atoms with van der Waals surface area (Å²) in [6.45, 7) is 3.05. The van der Waals surface area contributed by atoms with Crippen LogP contribution in [0.3, 0.4) is 0 Å². The first-order chi connectivity index (χ1) is 7.68. The third-order valence-electron chi connectivity index (χ3n) is 2.99. The Morgan fingerprint density at radius 3 is 3.00 bits per heavy atom. The molecule has 86 valence electrons. The van der Waals surface area contributed by atoms with Gasteiger partial charge in [-0.3, -0.25) is 9.78 Å². The number of carbonyl (C=O) groups is 1. The van der Waals surface area contributed by atoms with Crippen molar-refractivity contribution in [2.24, 2.45) is 5.92 Å². The summed E-state index contributed by atoms with van der Waals surface area (Å²) in [5.41, 5.74) is 0.337. The van der Waals surface area contributed by atoms with Gasteiger partial charge in [0.1, 0.15) is 5.69 Å². The van der Waals surface area contributed by atoms with Crippen molar-refractivity contribution in [2.45, 2.75) is 19.4 Å².